The molecule has 0 saturated heterocycles. The molecule has 2 aliphatic rings. The maximum Gasteiger partial charge on any atom is 0.309 e. The van der Waals surface area contributed by atoms with E-state index in [1.807, 2.05) is 0 Å². The van der Waals surface area contributed by atoms with Gasteiger partial charge in [0.25, 0.3) is 0 Å². The highest BCUT2D eigenvalue weighted by atomic mass is 16.5. The van der Waals surface area contributed by atoms with E-state index in [0.29, 0.717) is 6.42 Å². The number of ether oxygens (including phenoxy) is 1. The van der Waals surface area contributed by atoms with Gasteiger partial charge in [0.15, 0.2) is 0 Å². The minimum absolute atomic E-state index is 0.104. The summed E-state index contributed by atoms with van der Waals surface area (Å²) in [5.74, 6) is 2.79. The van der Waals surface area contributed by atoms with Crippen LogP contribution in [-0.4, -0.2) is 12.1 Å². The molecule has 0 N–H and O–H groups in total. The van der Waals surface area contributed by atoms with Crippen molar-refractivity contribution in [2.75, 3.05) is 0 Å². The van der Waals surface area contributed by atoms with Crippen LogP contribution in [0.2, 0.25) is 0 Å². The summed E-state index contributed by atoms with van der Waals surface area (Å²) in [7, 11) is 0. The van der Waals surface area contributed by atoms with Gasteiger partial charge in [0.1, 0.15) is 6.10 Å². The van der Waals surface area contributed by atoms with E-state index >= 15 is 0 Å². The molecule has 23 heavy (non-hydrogen) atoms. The molecule has 2 heteroatoms. The SMILES string of the molecule is C=CCC(=O)OC1CCC(CC[C@H]2CC[C@H](CCC)CC2)CC1. The average Bonchev–Trinajstić information content (AvgIpc) is 2.56. The fourth-order valence-corrected chi connectivity index (χ4v) is 4.58. The van der Waals surface area contributed by atoms with Gasteiger partial charge in [-0.2, -0.15) is 0 Å². The lowest BCUT2D eigenvalue weighted by Crippen LogP contribution is -2.24. The Morgan fingerprint density at radius 1 is 0.913 bits per heavy atom. The van der Waals surface area contributed by atoms with E-state index in [0.717, 1.165) is 30.6 Å². The highest BCUT2D eigenvalue weighted by Crippen LogP contribution is 2.36. The zero-order chi connectivity index (χ0) is 16.5. The van der Waals surface area contributed by atoms with Crippen LogP contribution < -0.4 is 0 Å². The van der Waals surface area contributed by atoms with Crippen LogP contribution in [0.4, 0.5) is 0 Å². The molecule has 132 valence electrons. The van der Waals surface area contributed by atoms with Crippen LogP contribution in [0.15, 0.2) is 12.7 Å². The number of esters is 1. The Morgan fingerprint density at radius 3 is 1.87 bits per heavy atom. The summed E-state index contributed by atoms with van der Waals surface area (Å²) in [6, 6.07) is 0. The zero-order valence-electron chi connectivity index (χ0n) is 15.1. The van der Waals surface area contributed by atoms with Crippen LogP contribution in [0.3, 0.4) is 0 Å². The van der Waals surface area contributed by atoms with Crippen LogP contribution in [0.25, 0.3) is 0 Å². The van der Waals surface area contributed by atoms with Gasteiger partial charge in [-0.1, -0.05) is 64.4 Å². The topological polar surface area (TPSA) is 26.3 Å². The first kappa shape index (κ1) is 18.5. The number of carbonyl (C=O) groups is 1. The summed E-state index contributed by atoms with van der Waals surface area (Å²) >= 11 is 0. The summed E-state index contributed by atoms with van der Waals surface area (Å²) in [5, 5.41) is 0. The summed E-state index contributed by atoms with van der Waals surface area (Å²) in [6.45, 7) is 5.91. The minimum Gasteiger partial charge on any atom is -0.462 e. The van der Waals surface area contributed by atoms with E-state index in [1.54, 1.807) is 6.08 Å². The Balaban J connectivity index is 1.56. The number of hydrogen-bond acceptors (Lipinski definition) is 2. The van der Waals surface area contributed by atoms with E-state index in [1.165, 1.54) is 64.2 Å². The quantitative estimate of drug-likeness (QED) is 0.402. The molecular formula is C21H36O2. The van der Waals surface area contributed by atoms with Crippen molar-refractivity contribution in [1.29, 1.82) is 0 Å². The van der Waals surface area contributed by atoms with Crippen molar-refractivity contribution >= 4 is 5.97 Å². The molecule has 2 saturated carbocycles. The lowest BCUT2D eigenvalue weighted by Gasteiger charge is -2.31. The standard InChI is InChI=1S/C21H36O2/c1-3-5-17-7-9-18(10-8-17)11-12-19-13-15-20(16-14-19)23-21(22)6-4-2/h4,17-20H,2-3,5-16H2,1H3/t17-,18-,19?,20?. The van der Waals surface area contributed by atoms with E-state index in [4.69, 9.17) is 4.74 Å². The highest BCUT2D eigenvalue weighted by Gasteiger charge is 2.25. The number of carbonyl (C=O) groups excluding carboxylic acids is 1. The summed E-state index contributed by atoms with van der Waals surface area (Å²) < 4.78 is 5.50. The van der Waals surface area contributed by atoms with Gasteiger partial charge in [0.2, 0.25) is 0 Å². The average molecular weight is 321 g/mol. The van der Waals surface area contributed by atoms with Crippen LogP contribution in [0.1, 0.15) is 90.4 Å². The maximum atomic E-state index is 11.5. The maximum absolute atomic E-state index is 11.5. The van der Waals surface area contributed by atoms with Crippen LogP contribution in [0, 0.1) is 17.8 Å². The van der Waals surface area contributed by atoms with E-state index < -0.39 is 0 Å². The third kappa shape index (κ3) is 6.69. The fraction of sp³-hybridized carbons (Fsp3) is 0.857. The van der Waals surface area contributed by atoms with Crippen molar-refractivity contribution in [3.05, 3.63) is 12.7 Å². The van der Waals surface area contributed by atoms with Crippen molar-refractivity contribution in [3.8, 4) is 0 Å². The van der Waals surface area contributed by atoms with Gasteiger partial charge in [0, 0.05) is 0 Å². The molecule has 0 amide bonds. The van der Waals surface area contributed by atoms with Crippen LogP contribution in [0.5, 0.6) is 0 Å². The van der Waals surface area contributed by atoms with Crippen LogP contribution >= 0.6 is 0 Å². The third-order valence-electron chi connectivity index (χ3n) is 6.05. The molecule has 2 aliphatic carbocycles. The summed E-state index contributed by atoms with van der Waals surface area (Å²) in [5.41, 5.74) is 0. The summed E-state index contributed by atoms with van der Waals surface area (Å²) in [4.78, 5) is 11.5. The molecule has 0 spiro atoms. The smallest absolute Gasteiger partial charge is 0.309 e. The Morgan fingerprint density at radius 2 is 1.39 bits per heavy atom. The van der Waals surface area contributed by atoms with Gasteiger partial charge in [-0.05, 0) is 43.4 Å². The number of hydrogen-bond donors (Lipinski definition) is 0. The molecule has 2 fully saturated rings. The van der Waals surface area contributed by atoms with E-state index in [9.17, 15) is 4.79 Å². The van der Waals surface area contributed by atoms with Gasteiger partial charge in [0.05, 0.1) is 6.42 Å². The molecule has 0 aromatic heterocycles. The normalized spacial score (nSPS) is 31.5. The largest absolute Gasteiger partial charge is 0.462 e. The summed E-state index contributed by atoms with van der Waals surface area (Å²) in [6.07, 6.45) is 18.3. The molecule has 0 heterocycles. The van der Waals surface area contributed by atoms with Crippen molar-refractivity contribution in [3.63, 3.8) is 0 Å². The Bertz CT molecular complexity index is 347. The van der Waals surface area contributed by atoms with Gasteiger partial charge >= 0.3 is 5.97 Å². The Kier molecular flexibility index (Phi) is 8.19. The molecule has 0 atom stereocenters. The molecule has 0 bridgehead atoms. The van der Waals surface area contributed by atoms with Crippen LogP contribution in [-0.2, 0) is 9.53 Å². The van der Waals surface area contributed by atoms with Gasteiger partial charge in [-0.25, -0.2) is 0 Å². The molecule has 0 unspecified atom stereocenters. The van der Waals surface area contributed by atoms with Gasteiger partial charge < -0.3 is 4.74 Å². The molecule has 2 rings (SSSR count). The van der Waals surface area contributed by atoms with Gasteiger partial charge in [-0.15, -0.1) is 6.58 Å². The molecule has 0 radical (unpaired) electrons. The fourth-order valence-electron chi connectivity index (χ4n) is 4.58. The monoisotopic (exact) mass is 320 g/mol. The predicted octanol–water partition coefficient (Wildman–Crippen LogP) is 6.05. The molecule has 0 aromatic carbocycles. The molecule has 0 aliphatic heterocycles. The third-order valence-corrected chi connectivity index (χ3v) is 6.05. The Hall–Kier alpha value is -0.790. The lowest BCUT2D eigenvalue weighted by atomic mass is 9.76. The second-order valence-electron chi connectivity index (χ2n) is 7.88. The van der Waals surface area contributed by atoms with E-state index in [-0.39, 0.29) is 12.1 Å². The molecular weight excluding hydrogens is 284 g/mol. The predicted molar refractivity (Wildman–Crippen MR) is 96.2 cm³/mol. The van der Waals surface area contributed by atoms with Crippen molar-refractivity contribution in [2.45, 2.75) is 96.5 Å². The lowest BCUT2D eigenvalue weighted by molar-refractivity contribution is -0.149. The minimum atomic E-state index is -0.104. The zero-order valence-corrected chi connectivity index (χ0v) is 15.1. The van der Waals surface area contributed by atoms with Crippen molar-refractivity contribution in [2.24, 2.45) is 17.8 Å². The van der Waals surface area contributed by atoms with Gasteiger partial charge in [-0.3, -0.25) is 4.79 Å². The first-order valence-corrected chi connectivity index (χ1v) is 10.0. The molecule has 2 nitrogen and oxygen atoms in total. The van der Waals surface area contributed by atoms with E-state index in [2.05, 4.69) is 13.5 Å². The first-order chi connectivity index (χ1) is 11.2. The first-order valence-electron chi connectivity index (χ1n) is 10.0. The highest BCUT2D eigenvalue weighted by molar-refractivity contribution is 5.71. The van der Waals surface area contributed by atoms with Crippen molar-refractivity contribution in [1.82, 2.24) is 0 Å². The molecule has 0 aromatic rings. The Labute approximate surface area is 143 Å². The second kappa shape index (κ2) is 10.2. The van der Waals surface area contributed by atoms with Crippen molar-refractivity contribution < 1.29 is 9.53 Å². The number of rotatable bonds is 8. The second-order valence-corrected chi connectivity index (χ2v) is 7.88.